The predicted octanol–water partition coefficient (Wildman–Crippen LogP) is 0.817. The van der Waals surface area contributed by atoms with Gasteiger partial charge < -0.3 is 14.9 Å². The van der Waals surface area contributed by atoms with Gasteiger partial charge in [0.15, 0.2) is 6.33 Å². The molecular formula is C10H10N4O3. The number of anilines is 1. The van der Waals surface area contributed by atoms with Crippen molar-refractivity contribution in [3.63, 3.8) is 0 Å². The number of hydrogen-bond acceptors (Lipinski definition) is 6. The number of nitrogens with one attached hydrogen (secondary N) is 1. The second kappa shape index (κ2) is 5.06. The van der Waals surface area contributed by atoms with Gasteiger partial charge in [-0.15, -0.1) is 0 Å². The molecule has 0 aliphatic rings. The number of aromatic nitrogens is 3. The van der Waals surface area contributed by atoms with Crippen molar-refractivity contribution in [3.05, 3.63) is 36.2 Å². The van der Waals surface area contributed by atoms with Crippen LogP contribution in [-0.2, 0) is 6.42 Å². The summed E-state index contributed by atoms with van der Waals surface area (Å²) in [4.78, 5) is 18.5. The Balaban J connectivity index is 1.97. The zero-order valence-corrected chi connectivity index (χ0v) is 8.83. The first kappa shape index (κ1) is 11.1. The van der Waals surface area contributed by atoms with Crippen molar-refractivity contribution in [2.24, 2.45) is 0 Å². The molecule has 0 aromatic carbocycles. The SMILES string of the molecule is O=C(O)c1cnccc1NCCc1ncno1. The summed E-state index contributed by atoms with van der Waals surface area (Å²) in [5, 5.41) is 15.4. The lowest BCUT2D eigenvalue weighted by atomic mass is 10.2. The van der Waals surface area contributed by atoms with Gasteiger partial charge in [-0.2, -0.15) is 4.98 Å². The summed E-state index contributed by atoms with van der Waals surface area (Å²) in [7, 11) is 0. The average molecular weight is 234 g/mol. The van der Waals surface area contributed by atoms with Gasteiger partial charge >= 0.3 is 5.97 Å². The van der Waals surface area contributed by atoms with Crippen molar-refractivity contribution >= 4 is 11.7 Å². The van der Waals surface area contributed by atoms with Gasteiger partial charge in [-0.1, -0.05) is 5.16 Å². The van der Waals surface area contributed by atoms with Crippen LogP contribution in [0.15, 0.2) is 29.3 Å². The number of nitrogens with zero attached hydrogens (tertiary/aromatic N) is 3. The Morgan fingerprint density at radius 3 is 3.12 bits per heavy atom. The van der Waals surface area contributed by atoms with Crippen molar-refractivity contribution in [1.82, 2.24) is 15.1 Å². The number of hydrogen-bond donors (Lipinski definition) is 2. The topological polar surface area (TPSA) is 101 Å². The van der Waals surface area contributed by atoms with Crippen molar-refractivity contribution in [1.29, 1.82) is 0 Å². The highest BCUT2D eigenvalue weighted by Gasteiger charge is 2.09. The van der Waals surface area contributed by atoms with E-state index in [2.05, 4.69) is 20.4 Å². The maximum atomic E-state index is 10.9. The molecule has 0 radical (unpaired) electrons. The Kier molecular flexibility index (Phi) is 3.29. The third kappa shape index (κ3) is 2.77. The van der Waals surface area contributed by atoms with E-state index in [1.54, 1.807) is 6.07 Å². The molecule has 0 unspecified atom stereocenters. The van der Waals surface area contributed by atoms with Gasteiger partial charge in [0.1, 0.15) is 5.56 Å². The van der Waals surface area contributed by atoms with Crippen molar-refractivity contribution in [3.8, 4) is 0 Å². The number of carbonyl (C=O) groups is 1. The fraction of sp³-hybridized carbons (Fsp3) is 0.200. The van der Waals surface area contributed by atoms with E-state index < -0.39 is 5.97 Å². The van der Waals surface area contributed by atoms with Crippen LogP contribution in [-0.4, -0.2) is 32.7 Å². The molecule has 2 heterocycles. The summed E-state index contributed by atoms with van der Waals surface area (Å²) >= 11 is 0. The molecule has 0 atom stereocenters. The molecule has 0 saturated heterocycles. The molecule has 0 aliphatic carbocycles. The smallest absolute Gasteiger partial charge is 0.339 e. The molecule has 0 bridgehead atoms. The Bertz CT molecular complexity index is 498. The summed E-state index contributed by atoms with van der Waals surface area (Å²) in [5.74, 6) is -0.512. The molecule has 7 nitrogen and oxygen atoms in total. The van der Waals surface area contributed by atoms with E-state index in [-0.39, 0.29) is 5.56 Å². The van der Waals surface area contributed by atoms with Crippen LogP contribution in [0.2, 0.25) is 0 Å². The molecule has 2 N–H and O–H groups in total. The zero-order valence-electron chi connectivity index (χ0n) is 8.83. The Hall–Kier alpha value is -2.44. The third-order valence-electron chi connectivity index (χ3n) is 2.11. The van der Waals surface area contributed by atoms with Crippen LogP contribution in [0.3, 0.4) is 0 Å². The lowest BCUT2D eigenvalue weighted by Gasteiger charge is -2.07. The number of rotatable bonds is 5. The van der Waals surface area contributed by atoms with Gasteiger partial charge in [-0.25, -0.2) is 4.79 Å². The number of carboxylic acids is 1. The van der Waals surface area contributed by atoms with Gasteiger partial charge in [0.25, 0.3) is 0 Å². The minimum Gasteiger partial charge on any atom is -0.478 e. The molecule has 17 heavy (non-hydrogen) atoms. The van der Waals surface area contributed by atoms with Crippen molar-refractivity contribution < 1.29 is 14.4 Å². The minimum atomic E-state index is -1.02. The molecule has 0 aliphatic heterocycles. The van der Waals surface area contributed by atoms with Gasteiger partial charge in [-0.3, -0.25) is 4.98 Å². The summed E-state index contributed by atoms with van der Waals surface area (Å²) in [6.07, 6.45) is 4.69. The number of aromatic carboxylic acids is 1. The standard InChI is InChI=1S/C10H10N4O3/c15-10(16)7-5-11-3-1-8(7)12-4-2-9-13-6-14-17-9/h1,3,5-6H,2,4H2,(H,11,12)(H,15,16). The van der Waals surface area contributed by atoms with Crippen LogP contribution in [0.5, 0.6) is 0 Å². The summed E-state index contributed by atoms with van der Waals surface area (Å²) in [6, 6.07) is 1.61. The molecule has 2 aromatic heterocycles. The first-order chi connectivity index (χ1) is 8.27. The molecular weight excluding hydrogens is 224 g/mol. The first-order valence-electron chi connectivity index (χ1n) is 4.94. The molecule has 7 heteroatoms. The van der Waals surface area contributed by atoms with Crippen LogP contribution in [0.25, 0.3) is 0 Å². The van der Waals surface area contributed by atoms with Crippen molar-refractivity contribution in [2.45, 2.75) is 6.42 Å². The highest BCUT2D eigenvalue weighted by Crippen LogP contribution is 2.13. The molecule has 88 valence electrons. The van der Waals surface area contributed by atoms with Gasteiger partial charge in [-0.05, 0) is 6.07 Å². The normalized spacial score (nSPS) is 10.1. The third-order valence-corrected chi connectivity index (χ3v) is 2.11. The van der Waals surface area contributed by atoms with Crippen molar-refractivity contribution in [2.75, 3.05) is 11.9 Å². The number of pyridine rings is 1. The summed E-state index contributed by atoms with van der Waals surface area (Å²) in [6.45, 7) is 0.506. The largest absolute Gasteiger partial charge is 0.478 e. The van der Waals surface area contributed by atoms with Gasteiger partial charge in [0.05, 0.1) is 5.69 Å². The van der Waals surface area contributed by atoms with E-state index >= 15 is 0 Å². The van der Waals surface area contributed by atoms with Crippen LogP contribution in [0, 0.1) is 0 Å². The lowest BCUT2D eigenvalue weighted by Crippen LogP contribution is -2.09. The van der Waals surface area contributed by atoms with E-state index in [9.17, 15) is 4.79 Å². The molecule has 0 saturated carbocycles. The zero-order chi connectivity index (χ0) is 12.1. The van der Waals surface area contributed by atoms with E-state index in [0.717, 1.165) is 0 Å². The van der Waals surface area contributed by atoms with Crippen LogP contribution in [0.1, 0.15) is 16.2 Å². The van der Waals surface area contributed by atoms with E-state index in [0.29, 0.717) is 24.5 Å². The molecule has 0 fully saturated rings. The maximum absolute atomic E-state index is 10.9. The minimum absolute atomic E-state index is 0.137. The van der Waals surface area contributed by atoms with E-state index in [1.165, 1.54) is 18.7 Å². The highest BCUT2D eigenvalue weighted by atomic mass is 16.5. The fourth-order valence-corrected chi connectivity index (χ4v) is 1.33. The summed E-state index contributed by atoms with van der Waals surface area (Å²) in [5.41, 5.74) is 0.657. The van der Waals surface area contributed by atoms with E-state index in [1.807, 2.05) is 0 Å². The fourth-order valence-electron chi connectivity index (χ4n) is 1.33. The van der Waals surface area contributed by atoms with E-state index in [4.69, 9.17) is 9.63 Å². The van der Waals surface area contributed by atoms with Crippen LogP contribution < -0.4 is 5.32 Å². The summed E-state index contributed by atoms with van der Waals surface area (Å²) < 4.78 is 4.82. The Labute approximate surface area is 96.5 Å². The first-order valence-corrected chi connectivity index (χ1v) is 4.94. The van der Waals surface area contributed by atoms with Crippen LogP contribution in [0.4, 0.5) is 5.69 Å². The predicted molar refractivity (Wildman–Crippen MR) is 57.7 cm³/mol. The monoisotopic (exact) mass is 234 g/mol. The average Bonchev–Trinajstić information content (AvgIpc) is 2.82. The quantitative estimate of drug-likeness (QED) is 0.789. The van der Waals surface area contributed by atoms with Gasteiger partial charge in [0, 0.05) is 25.4 Å². The molecule has 2 rings (SSSR count). The lowest BCUT2D eigenvalue weighted by molar-refractivity contribution is 0.0697. The highest BCUT2D eigenvalue weighted by molar-refractivity contribution is 5.93. The van der Waals surface area contributed by atoms with Crippen LogP contribution >= 0.6 is 0 Å². The molecule has 0 spiro atoms. The second-order valence-electron chi connectivity index (χ2n) is 3.24. The Morgan fingerprint density at radius 2 is 2.41 bits per heavy atom. The number of carboxylic acid groups (broad SMARTS) is 1. The van der Waals surface area contributed by atoms with Gasteiger partial charge in [0.2, 0.25) is 5.89 Å². The second-order valence-corrected chi connectivity index (χ2v) is 3.24. The Morgan fingerprint density at radius 1 is 1.53 bits per heavy atom. The molecule has 2 aromatic rings. The molecule has 0 amide bonds. The maximum Gasteiger partial charge on any atom is 0.339 e.